The molecule has 31 heteroatoms. The highest BCUT2D eigenvalue weighted by atomic mass is 16.4. The third kappa shape index (κ3) is 26.3. The third-order valence-electron chi connectivity index (χ3n) is 13.0. The Bertz CT molecular complexity index is 2490. The number of aliphatic imine (C=N–C) groups is 2. The van der Waals surface area contributed by atoms with Crippen molar-refractivity contribution in [3.05, 3.63) is 54.1 Å². The van der Waals surface area contributed by atoms with Crippen molar-refractivity contribution in [1.82, 2.24) is 57.8 Å². The summed E-state index contributed by atoms with van der Waals surface area (Å²) in [5, 5.41) is 53.4. The highest BCUT2D eigenvalue weighted by Gasteiger charge is 2.37. The number of aliphatic hydroxyl groups is 2. The molecule has 1 aromatic carbocycles. The van der Waals surface area contributed by atoms with E-state index in [1.165, 1.54) is 19.4 Å². The number of rotatable bonds is 38. The smallest absolute Gasteiger partial charge is 0.326 e. The fourth-order valence-corrected chi connectivity index (χ4v) is 8.02. The number of nitrogens with one attached hydrogen (secondary N) is 10. The first-order valence-corrected chi connectivity index (χ1v) is 27.3. The molecular formula is C52H86N18O13. The molecule has 0 spiro atoms. The van der Waals surface area contributed by atoms with Gasteiger partial charge in [0.05, 0.1) is 31.1 Å². The van der Waals surface area contributed by atoms with Gasteiger partial charge in [-0.2, -0.15) is 0 Å². The van der Waals surface area contributed by atoms with Crippen molar-refractivity contribution in [2.24, 2.45) is 44.6 Å². The van der Waals surface area contributed by atoms with Gasteiger partial charge in [0.15, 0.2) is 11.9 Å². The maximum Gasteiger partial charge on any atom is 0.326 e. The van der Waals surface area contributed by atoms with Crippen LogP contribution in [0.15, 0.2) is 52.8 Å². The maximum absolute atomic E-state index is 14.2. The molecule has 2 aromatic rings. The molecule has 0 aliphatic carbocycles. The van der Waals surface area contributed by atoms with Crippen LogP contribution in [0.4, 0.5) is 0 Å². The van der Waals surface area contributed by atoms with Crippen LogP contribution in [0.25, 0.3) is 0 Å². The van der Waals surface area contributed by atoms with Gasteiger partial charge in [-0.3, -0.25) is 53.1 Å². The highest BCUT2D eigenvalue weighted by molar-refractivity contribution is 5.98. The Morgan fingerprint density at radius 1 is 0.590 bits per heavy atom. The Kier molecular flexibility index (Phi) is 31.3. The van der Waals surface area contributed by atoms with Gasteiger partial charge in [0.25, 0.3) is 0 Å². The fourth-order valence-electron chi connectivity index (χ4n) is 8.02. The molecule has 0 radical (unpaired) electrons. The van der Waals surface area contributed by atoms with Crippen molar-refractivity contribution in [1.29, 1.82) is 0 Å². The van der Waals surface area contributed by atoms with Crippen molar-refractivity contribution < 1.29 is 63.3 Å². The van der Waals surface area contributed by atoms with Gasteiger partial charge in [-0.1, -0.05) is 63.9 Å². The van der Waals surface area contributed by atoms with Crippen LogP contribution >= 0.6 is 0 Å². The number of carboxylic acids is 1. The van der Waals surface area contributed by atoms with E-state index in [1.807, 2.05) is 0 Å². The predicted octanol–water partition coefficient (Wildman–Crippen LogP) is -5.27. The van der Waals surface area contributed by atoms with Gasteiger partial charge in [0.1, 0.15) is 48.3 Å². The molecule has 83 heavy (non-hydrogen) atoms. The number of aryl methyl sites for hydroxylation is 1. The van der Waals surface area contributed by atoms with E-state index in [9.17, 15) is 63.3 Å². The van der Waals surface area contributed by atoms with Crippen molar-refractivity contribution in [2.75, 3.05) is 19.6 Å². The van der Waals surface area contributed by atoms with Crippen LogP contribution in [0.2, 0.25) is 0 Å². The molecule has 1 aromatic heterocycles. The van der Waals surface area contributed by atoms with Crippen molar-refractivity contribution >= 4 is 71.1 Å². The number of amides is 9. The Hall–Kier alpha value is -8.45. The summed E-state index contributed by atoms with van der Waals surface area (Å²) in [7, 11) is 0. The second-order valence-corrected chi connectivity index (χ2v) is 20.0. The molecule has 462 valence electrons. The minimum Gasteiger partial charge on any atom is -0.480 e. The van der Waals surface area contributed by atoms with E-state index in [4.69, 9.17) is 28.7 Å². The Morgan fingerprint density at radius 2 is 1.11 bits per heavy atom. The van der Waals surface area contributed by atoms with Crippen molar-refractivity contribution in [2.45, 2.75) is 172 Å². The number of nitrogens with two attached hydrogens (primary N) is 5. The molecule has 2 rings (SSSR count). The van der Waals surface area contributed by atoms with E-state index in [-0.39, 0.29) is 70.0 Å². The average Bonchev–Trinajstić information content (AvgIpc) is 4.00. The number of carbonyl (C=O) groups excluding carboxylic acids is 9. The molecule has 0 bridgehead atoms. The van der Waals surface area contributed by atoms with Crippen LogP contribution < -0.4 is 76.5 Å². The summed E-state index contributed by atoms with van der Waals surface area (Å²) in [6.45, 7) is 8.26. The molecule has 0 saturated heterocycles. The van der Waals surface area contributed by atoms with Crippen LogP contribution in [0, 0.1) is 5.92 Å². The quantitative estimate of drug-likeness (QED) is 0.0170. The second-order valence-electron chi connectivity index (χ2n) is 20.0. The van der Waals surface area contributed by atoms with Crippen LogP contribution in [-0.2, 0) is 60.8 Å². The summed E-state index contributed by atoms with van der Waals surface area (Å²) in [6.07, 6.45) is 0.927. The zero-order valence-corrected chi connectivity index (χ0v) is 47.8. The largest absolute Gasteiger partial charge is 0.480 e. The number of aliphatic hydroxyl groups excluding tert-OH is 2. The standard InChI is InChI=1S/C52H86N18O13/c1-7-14-36(50(82)83)66-48(80)39(27(3)8-2)68-45(77)34(18-13-22-60-52(56)57)64-38(73)25-61-47(79)40(29(5)71)70-49(81)41(30(6)72)69-46(78)37(23-32-24-58-26-62-32)67-44(76)35(20-19-31-15-10-9-11-16-31)65-42(74)28(4)63-43(75)33(53)17-12-21-59-51(54)55/h9-11,15-16,24,26-30,33-37,39-41,71-72H,7-8,12-14,17-23,25,53H2,1-6H3,(H,58,62)(H,61,79)(H,63,75)(H,64,73)(H,65,74)(H,66,80)(H,67,76)(H,68,77)(H,69,78)(H,70,81)(H,82,83)(H4,54,55,59)(H4,56,57,60)/t27?,28-,29+,30+,33-,34+,35-,36-,37-,39-,40-,41-/m0/s1. The molecule has 12 atom stereocenters. The molecule has 0 aliphatic rings. The molecule has 0 saturated carbocycles. The number of hydrogen-bond acceptors (Lipinski definition) is 16. The molecule has 1 unspecified atom stereocenters. The van der Waals surface area contributed by atoms with Crippen LogP contribution in [0.5, 0.6) is 0 Å². The van der Waals surface area contributed by atoms with Gasteiger partial charge in [-0.05, 0) is 77.2 Å². The van der Waals surface area contributed by atoms with E-state index >= 15 is 0 Å². The van der Waals surface area contributed by atoms with E-state index in [2.05, 4.69) is 67.8 Å². The van der Waals surface area contributed by atoms with Gasteiger partial charge in [0, 0.05) is 31.4 Å². The van der Waals surface area contributed by atoms with E-state index < -0.39 is 138 Å². The zero-order valence-electron chi connectivity index (χ0n) is 47.8. The number of H-pyrrole nitrogens is 1. The first kappa shape index (κ1) is 70.7. The molecule has 0 fully saturated rings. The van der Waals surface area contributed by atoms with Gasteiger partial charge < -0.3 is 96.8 Å². The Balaban J connectivity index is 2.31. The van der Waals surface area contributed by atoms with Gasteiger partial charge in [-0.25, -0.2) is 9.78 Å². The lowest BCUT2D eigenvalue weighted by atomic mass is 9.97. The number of carboxylic acid groups (broad SMARTS) is 1. The summed E-state index contributed by atoms with van der Waals surface area (Å²) in [4.78, 5) is 149. The Labute approximate surface area is 481 Å². The second kappa shape index (κ2) is 36.8. The number of aromatic nitrogens is 2. The minimum atomic E-state index is -1.85. The topological polar surface area (TPSA) is 523 Å². The van der Waals surface area contributed by atoms with Crippen molar-refractivity contribution in [3.8, 4) is 0 Å². The first-order chi connectivity index (χ1) is 39.2. The number of carbonyl (C=O) groups is 10. The molecule has 1 heterocycles. The monoisotopic (exact) mass is 1170 g/mol. The highest BCUT2D eigenvalue weighted by Crippen LogP contribution is 2.13. The number of benzene rings is 1. The SMILES string of the molecule is CCC[C@H](NC(=O)[C@@H](NC(=O)[C@@H](CCCN=C(N)N)NC(=O)CNC(=O)[C@@H](NC(=O)[C@@H](NC(=O)[C@H](Cc1cnc[nH]1)NC(=O)[C@H](CCc1ccccc1)NC(=O)[C@H](C)NC(=O)[C@@H](N)CCCN=C(N)N)[C@@H](C)O)[C@@H](C)O)C(C)CC)C(=O)O. The van der Waals surface area contributed by atoms with Gasteiger partial charge in [-0.15, -0.1) is 0 Å². The average molecular weight is 1170 g/mol. The third-order valence-corrected chi connectivity index (χ3v) is 13.0. The molecule has 31 nitrogen and oxygen atoms in total. The van der Waals surface area contributed by atoms with E-state index in [0.29, 0.717) is 25.0 Å². The normalized spacial score (nSPS) is 15.3. The van der Waals surface area contributed by atoms with Gasteiger partial charge in [0.2, 0.25) is 53.2 Å². The molecule has 23 N–H and O–H groups in total. The van der Waals surface area contributed by atoms with E-state index in [0.717, 1.165) is 19.4 Å². The minimum absolute atomic E-state index is 0.000762. The van der Waals surface area contributed by atoms with E-state index in [1.54, 1.807) is 51.1 Å². The summed E-state index contributed by atoms with van der Waals surface area (Å²) >= 11 is 0. The van der Waals surface area contributed by atoms with Crippen molar-refractivity contribution in [3.63, 3.8) is 0 Å². The maximum atomic E-state index is 14.2. The summed E-state index contributed by atoms with van der Waals surface area (Å²) in [6, 6.07) is -3.55. The number of hydrogen-bond donors (Lipinski definition) is 18. The lowest BCUT2D eigenvalue weighted by Gasteiger charge is -2.28. The number of aromatic amines is 1. The number of guanidine groups is 2. The van der Waals surface area contributed by atoms with Gasteiger partial charge >= 0.3 is 5.97 Å². The predicted molar refractivity (Wildman–Crippen MR) is 304 cm³/mol. The first-order valence-electron chi connectivity index (χ1n) is 27.3. The summed E-state index contributed by atoms with van der Waals surface area (Å²) in [5.74, 6) is -10.3. The molecule has 0 aliphatic heterocycles. The number of imidazole rings is 1. The molecular weight excluding hydrogens is 1080 g/mol. The summed E-state index contributed by atoms with van der Waals surface area (Å²) in [5.41, 5.74) is 28.7. The lowest BCUT2D eigenvalue weighted by molar-refractivity contribution is -0.143. The van der Waals surface area contributed by atoms with Crippen LogP contribution in [0.1, 0.15) is 104 Å². The lowest BCUT2D eigenvalue weighted by Crippen LogP contribution is -2.62. The number of aliphatic carboxylic acids is 1. The summed E-state index contributed by atoms with van der Waals surface area (Å²) < 4.78 is 0. The molecule has 9 amide bonds. The zero-order chi connectivity index (χ0) is 62.3. The number of nitrogens with zero attached hydrogens (tertiary/aromatic N) is 3. The van der Waals surface area contributed by atoms with Crippen LogP contribution in [0.3, 0.4) is 0 Å². The van der Waals surface area contributed by atoms with Crippen LogP contribution in [-0.4, -0.2) is 183 Å². The fraction of sp³-hybridized carbons (Fsp3) is 0.596. The Morgan fingerprint density at radius 3 is 1.66 bits per heavy atom.